The van der Waals surface area contributed by atoms with E-state index in [1.807, 2.05) is 6.07 Å². The third-order valence-corrected chi connectivity index (χ3v) is 6.10. The number of nitrogens with one attached hydrogen (secondary N) is 2. The van der Waals surface area contributed by atoms with Crippen molar-refractivity contribution in [1.29, 1.82) is 0 Å². The van der Waals surface area contributed by atoms with Crippen LogP contribution in [0.1, 0.15) is 17.4 Å². The summed E-state index contributed by atoms with van der Waals surface area (Å²) in [7, 11) is 0. The summed E-state index contributed by atoms with van der Waals surface area (Å²) in [6.07, 6.45) is 1.59. The molecule has 0 saturated carbocycles. The van der Waals surface area contributed by atoms with Crippen molar-refractivity contribution >= 4 is 29.1 Å². The summed E-state index contributed by atoms with van der Waals surface area (Å²) in [5.74, 6) is -0.935. The van der Waals surface area contributed by atoms with Crippen LogP contribution in [0.2, 0.25) is 5.02 Å². The Kier molecular flexibility index (Phi) is 7.82. The first-order valence-corrected chi connectivity index (χ1v) is 11.5. The molecule has 0 aliphatic carbocycles. The van der Waals surface area contributed by atoms with Crippen LogP contribution < -0.4 is 15.5 Å². The number of carbonyl (C=O) groups is 2. The Hall–Kier alpha value is -3.36. The summed E-state index contributed by atoms with van der Waals surface area (Å²) in [5, 5.41) is 5.96. The largest absolute Gasteiger partial charge is 0.468 e. The molecular weight excluding hydrogens is 459 g/mol. The Morgan fingerprint density at radius 1 is 0.941 bits per heavy atom. The number of amides is 2. The van der Waals surface area contributed by atoms with Gasteiger partial charge in [0.05, 0.1) is 12.3 Å². The molecule has 2 heterocycles. The van der Waals surface area contributed by atoms with Gasteiger partial charge in [0.15, 0.2) is 0 Å². The standard InChI is InChI=1S/C25H26ClFN4O3/c26-19-5-3-18(4-6-19)16-28-24(32)25(33)29-17-22(23-2-1-15-34-23)31-13-11-30(12-14-31)21-9-7-20(27)8-10-21/h1-10,15,22H,11-14,16-17H2,(H,28,32)(H,29,33)/t22-/m0/s1. The zero-order chi connectivity index (χ0) is 23.9. The van der Waals surface area contributed by atoms with Crippen molar-refractivity contribution in [2.75, 3.05) is 37.6 Å². The van der Waals surface area contributed by atoms with E-state index in [9.17, 15) is 14.0 Å². The van der Waals surface area contributed by atoms with Gasteiger partial charge in [0.1, 0.15) is 11.6 Å². The van der Waals surface area contributed by atoms with Gasteiger partial charge in [-0.05, 0) is 54.1 Å². The molecule has 1 aliphatic rings. The summed E-state index contributed by atoms with van der Waals surface area (Å²) in [5.41, 5.74) is 1.82. The highest BCUT2D eigenvalue weighted by Gasteiger charge is 2.28. The normalized spacial score (nSPS) is 15.1. The lowest BCUT2D eigenvalue weighted by Gasteiger charge is -2.39. The first-order chi connectivity index (χ1) is 16.5. The van der Waals surface area contributed by atoms with Crippen LogP contribution in [-0.4, -0.2) is 49.4 Å². The van der Waals surface area contributed by atoms with Gasteiger partial charge < -0.3 is 20.0 Å². The molecule has 2 aromatic carbocycles. The second-order valence-corrected chi connectivity index (χ2v) is 8.49. The number of nitrogens with zero attached hydrogens (tertiary/aromatic N) is 2. The molecule has 0 spiro atoms. The van der Waals surface area contributed by atoms with Crippen LogP contribution in [0.25, 0.3) is 0 Å². The number of anilines is 1. The van der Waals surface area contributed by atoms with Crippen LogP contribution in [0.15, 0.2) is 71.3 Å². The molecule has 0 unspecified atom stereocenters. The highest BCUT2D eigenvalue weighted by Crippen LogP contribution is 2.24. The van der Waals surface area contributed by atoms with Gasteiger partial charge in [-0.15, -0.1) is 0 Å². The van der Waals surface area contributed by atoms with Crippen molar-refractivity contribution < 1.29 is 18.4 Å². The molecule has 2 N–H and O–H groups in total. The summed E-state index contributed by atoms with van der Waals surface area (Å²) in [6.45, 7) is 3.41. The minimum Gasteiger partial charge on any atom is -0.468 e. The van der Waals surface area contributed by atoms with E-state index < -0.39 is 11.8 Å². The fourth-order valence-corrected chi connectivity index (χ4v) is 4.09. The minimum absolute atomic E-state index is 0.210. The molecule has 1 saturated heterocycles. The number of benzene rings is 2. The second-order valence-electron chi connectivity index (χ2n) is 8.05. The zero-order valence-corrected chi connectivity index (χ0v) is 19.3. The fourth-order valence-electron chi connectivity index (χ4n) is 3.97. The molecule has 1 atom stereocenters. The third kappa shape index (κ3) is 6.15. The molecule has 7 nitrogen and oxygen atoms in total. The monoisotopic (exact) mass is 484 g/mol. The van der Waals surface area contributed by atoms with Crippen LogP contribution in [0, 0.1) is 5.82 Å². The lowest BCUT2D eigenvalue weighted by molar-refractivity contribution is -0.139. The summed E-state index contributed by atoms with van der Waals surface area (Å²) < 4.78 is 18.9. The van der Waals surface area contributed by atoms with Crippen molar-refractivity contribution in [3.8, 4) is 0 Å². The maximum absolute atomic E-state index is 13.2. The molecule has 3 aromatic rings. The number of hydrogen-bond acceptors (Lipinski definition) is 5. The average molecular weight is 485 g/mol. The van der Waals surface area contributed by atoms with E-state index >= 15 is 0 Å². The topological polar surface area (TPSA) is 77.8 Å². The van der Waals surface area contributed by atoms with Crippen molar-refractivity contribution in [3.05, 3.63) is 89.1 Å². The smallest absolute Gasteiger partial charge is 0.309 e. The van der Waals surface area contributed by atoms with Gasteiger partial charge in [-0.3, -0.25) is 14.5 Å². The molecule has 34 heavy (non-hydrogen) atoms. The molecule has 4 rings (SSSR count). The zero-order valence-electron chi connectivity index (χ0n) is 18.5. The number of piperazine rings is 1. The van der Waals surface area contributed by atoms with Crippen LogP contribution in [0.3, 0.4) is 0 Å². The third-order valence-electron chi connectivity index (χ3n) is 5.85. The molecule has 178 valence electrons. The van der Waals surface area contributed by atoms with Crippen molar-refractivity contribution in [3.63, 3.8) is 0 Å². The van der Waals surface area contributed by atoms with Gasteiger partial charge in [-0.2, -0.15) is 0 Å². The van der Waals surface area contributed by atoms with Gasteiger partial charge >= 0.3 is 11.8 Å². The molecular formula is C25H26ClFN4O3. The number of furan rings is 1. The second kappa shape index (κ2) is 11.2. The lowest BCUT2D eigenvalue weighted by atomic mass is 10.1. The van der Waals surface area contributed by atoms with E-state index in [4.69, 9.17) is 16.0 Å². The Morgan fingerprint density at radius 2 is 1.62 bits per heavy atom. The quantitative estimate of drug-likeness (QED) is 0.503. The molecule has 1 aromatic heterocycles. The molecule has 1 aliphatic heterocycles. The van der Waals surface area contributed by atoms with Gasteiger partial charge in [-0.1, -0.05) is 23.7 Å². The van der Waals surface area contributed by atoms with Crippen molar-refractivity contribution in [1.82, 2.24) is 15.5 Å². The van der Waals surface area contributed by atoms with E-state index in [1.54, 1.807) is 48.7 Å². The Labute approximate surface area is 202 Å². The number of rotatable bonds is 7. The van der Waals surface area contributed by atoms with Gasteiger partial charge in [-0.25, -0.2) is 4.39 Å². The molecule has 0 bridgehead atoms. The summed E-state index contributed by atoms with van der Waals surface area (Å²) >= 11 is 5.87. The Balaban J connectivity index is 1.31. The van der Waals surface area contributed by atoms with Gasteiger partial charge in [0.25, 0.3) is 0 Å². The van der Waals surface area contributed by atoms with E-state index in [0.717, 1.165) is 43.2 Å². The SMILES string of the molecule is O=C(NCc1ccc(Cl)cc1)C(=O)NC[C@@H](c1ccco1)N1CCN(c2ccc(F)cc2)CC1. The highest BCUT2D eigenvalue weighted by atomic mass is 35.5. The number of hydrogen-bond donors (Lipinski definition) is 2. The van der Waals surface area contributed by atoms with E-state index in [-0.39, 0.29) is 24.9 Å². The maximum atomic E-state index is 13.2. The van der Waals surface area contributed by atoms with Crippen LogP contribution in [-0.2, 0) is 16.1 Å². The number of halogens is 2. The van der Waals surface area contributed by atoms with E-state index in [2.05, 4.69) is 20.4 Å². The average Bonchev–Trinajstić information content (AvgIpc) is 3.39. The molecule has 1 fully saturated rings. The van der Waals surface area contributed by atoms with Gasteiger partial charge in [0.2, 0.25) is 0 Å². The van der Waals surface area contributed by atoms with E-state index in [1.165, 1.54) is 12.1 Å². The highest BCUT2D eigenvalue weighted by molar-refractivity contribution is 6.35. The fraction of sp³-hybridized carbons (Fsp3) is 0.280. The number of carbonyl (C=O) groups excluding carboxylic acids is 2. The predicted molar refractivity (Wildman–Crippen MR) is 128 cm³/mol. The Morgan fingerprint density at radius 3 is 2.26 bits per heavy atom. The van der Waals surface area contributed by atoms with Crippen LogP contribution in [0.5, 0.6) is 0 Å². The van der Waals surface area contributed by atoms with Crippen molar-refractivity contribution in [2.45, 2.75) is 12.6 Å². The molecule has 0 radical (unpaired) electrons. The van der Waals surface area contributed by atoms with Crippen LogP contribution in [0.4, 0.5) is 10.1 Å². The predicted octanol–water partition coefficient (Wildman–Crippen LogP) is 3.37. The van der Waals surface area contributed by atoms with Crippen LogP contribution >= 0.6 is 11.6 Å². The summed E-state index contributed by atoms with van der Waals surface area (Å²) in [6, 6.07) is 17.0. The van der Waals surface area contributed by atoms with E-state index in [0.29, 0.717) is 5.02 Å². The first kappa shape index (κ1) is 23.8. The first-order valence-electron chi connectivity index (χ1n) is 11.1. The summed E-state index contributed by atoms with van der Waals surface area (Å²) in [4.78, 5) is 29.1. The Bertz CT molecular complexity index is 1080. The van der Waals surface area contributed by atoms with Gasteiger partial charge in [0, 0.05) is 50.0 Å². The maximum Gasteiger partial charge on any atom is 0.309 e. The van der Waals surface area contributed by atoms with Crippen molar-refractivity contribution in [2.24, 2.45) is 0 Å². The molecule has 2 amide bonds. The lowest BCUT2D eigenvalue weighted by Crippen LogP contribution is -2.50. The molecule has 9 heteroatoms. The minimum atomic E-state index is -0.700.